The van der Waals surface area contributed by atoms with Crippen molar-refractivity contribution < 1.29 is 23.8 Å². The van der Waals surface area contributed by atoms with E-state index in [1.54, 1.807) is 0 Å². The Kier molecular flexibility index (Phi) is 4.20. The summed E-state index contributed by atoms with van der Waals surface area (Å²) in [6.07, 6.45) is -0.234. The van der Waals surface area contributed by atoms with Crippen LogP contribution >= 0.6 is 0 Å². The molecule has 0 atom stereocenters. The number of cyclic esters (lactones) is 1. The Balaban J connectivity index is 0.000000132. The minimum absolute atomic E-state index is 0.296. The lowest BCUT2D eigenvalue weighted by atomic mass is 10.7. The number of carbonyl (C=O) groups excluding carboxylic acids is 2. The Hall–Kier alpha value is -1.14. The van der Waals surface area contributed by atoms with E-state index in [0.717, 1.165) is 0 Å². The van der Waals surface area contributed by atoms with E-state index in [-0.39, 0.29) is 6.09 Å². The predicted octanol–water partition coefficient (Wildman–Crippen LogP) is -0.716. The second kappa shape index (κ2) is 5.50. The van der Waals surface area contributed by atoms with E-state index in [9.17, 15) is 9.59 Å². The summed E-state index contributed by atoms with van der Waals surface area (Å²) >= 11 is 0. The Bertz CT molecular complexity index is 170. The molecular weight excluding hydrogens is 178 g/mol. The zero-order valence-corrected chi connectivity index (χ0v) is 7.02. The molecule has 6 nitrogen and oxygen atoms in total. The van der Waals surface area contributed by atoms with Gasteiger partial charge in [-0.1, -0.05) is 0 Å². The van der Waals surface area contributed by atoms with Crippen molar-refractivity contribution in [2.24, 2.45) is 0 Å². The van der Waals surface area contributed by atoms with Gasteiger partial charge in [-0.05, 0) is 0 Å². The van der Waals surface area contributed by atoms with E-state index in [1.807, 2.05) is 0 Å². The molecule has 2 rings (SSSR count). The number of nitrogens with one attached hydrogen (secondary N) is 1. The number of hydrogen-bond acceptors (Lipinski definition) is 5. The number of aldehydes is 1. The van der Waals surface area contributed by atoms with Gasteiger partial charge in [-0.15, -0.1) is 0 Å². The summed E-state index contributed by atoms with van der Waals surface area (Å²) in [5.41, 5.74) is 0. The number of rotatable bonds is 1. The van der Waals surface area contributed by atoms with E-state index in [0.29, 0.717) is 32.7 Å². The first-order chi connectivity index (χ1) is 6.33. The van der Waals surface area contributed by atoms with Gasteiger partial charge in [-0.3, -0.25) is 4.79 Å². The van der Waals surface area contributed by atoms with Crippen LogP contribution in [0.4, 0.5) is 4.79 Å². The summed E-state index contributed by atoms with van der Waals surface area (Å²) in [4.78, 5) is 19.7. The molecule has 0 radical (unpaired) electrons. The van der Waals surface area contributed by atoms with Crippen molar-refractivity contribution in [1.82, 2.24) is 5.32 Å². The Morgan fingerprint density at radius 2 is 2.00 bits per heavy atom. The van der Waals surface area contributed by atoms with E-state index >= 15 is 0 Å². The van der Waals surface area contributed by atoms with E-state index in [4.69, 9.17) is 9.47 Å². The smallest absolute Gasteiger partial charge is 0.407 e. The molecule has 0 unspecified atom stereocenters. The maximum absolute atomic E-state index is 9.91. The molecule has 2 aliphatic heterocycles. The molecular formula is C7H11NO5. The molecule has 0 aliphatic carbocycles. The number of carbonyl (C=O) groups is 2. The SMILES string of the molecule is O=C1NCCO1.O=CC1OCCO1. The Morgan fingerprint density at radius 3 is 2.23 bits per heavy atom. The molecule has 0 spiro atoms. The van der Waals surface area contributed by atoms with Crippen LogP contribution in [0.1, 0.15) is 0 Å². The first kappa shape index (κ1) is 9.94. The van der Waals surface area contributed by atoms with Gasteiger partial charge in [0.1, 0.15) is 6.61 Å². The molecule has 2 fully saturated rings. The number of alkyl carbamates (subject to hydrolysis) is 1. The van der Waals surface area contributed by atoms with Gasteiger partial charge >= 0.3 is 6.09 Å². The molecule has 0 saturated carbocycles. The lowest BCUT2D eigenvalue weighted by Crippen LogP contribution is -2.11. The van der Waals surface area contributed by atoms with Gasteiger partial charge in [0.25, 0.3) is 0 Å². The van der Waals surface area contributed by atoms with Crippen LogP contribution in [-0.2, 0) is 19.0 Å². The first-order valence-corrected chi connectivity index (χ1v) is 3.92. The highest BCUT2D eigenvalue weighted by Crippen LogP contribution is 1.98. The molecule has 0 aromatic carbocycles. The van der Waals surface area contributed by atoms with Crippen molar-refractivity contribution in [3.05, 3.63) is 0 Å². The minimum atomic E-state index is -0.583. The third-order valence-electron chi connectivity index (χ3n) is 1.36. The monoisotopic (exact) mass is 189 g/mol. The van der Waals surface area contributed by atoms with Crippen LogP contribution in [0.3, 0.4) is 0 Å². The van der Waals surface area contributed by atoms with Crippen molar-refractivity contribution >= 4 is 12.4 Å². The van der Waals surface area contributed by atoms with Crippen LogP contribution in [0.5, 0.6) is 0 Å². The highest BCUT2D eigenvalue weighted by molar-refractivity contribution is 5.68. The average Bonchev–Trinajstić information content (AvgIpc) is 2.76. The summed E-state index contributed by atoms with van der Waals surface area (Å²) in [5, 5.41) is 2.46. The van der Waals surface area contributed by atoms with Crippen molar-refractivity contribution in [3.8, 4) is 0 Å². The molecule has 1 N–H and O–H groups in total. The summed E-state index contributed by atoms with van der Waals surface area (Å²) in [7, 11) is 0. The van der Waals surface area contributed by atoms with E-state index < -0.39 is 6.29 Å². The van der Waals surface area contributed by atoms with Crippen LogP contribution < -0.4 is 5.32 Å². The highest BCUT2D eigenvalue weighted by atomic mass is 16.7. The fraction of sp³-hybridized carbons (Fsp3) is 0.714. The normalized spacial score (nSPS) is 21.4. The van der Waals surface area contributed by atoms with E-state index in [2.05, 4.69) is 10.1 Å². The van der Waals surface area contributed by atoms with Crippen molar-refractivity contribution in [1.29, 1.82) is 0 Å². The number of amides is 1. The second-order valence-electron chi connectivity index (χ2n) is 2.31. The maximum Gasteiger partial charge on any atom is 0.407 e. The predicted molar refractivity (Wildman–Crippen MR) is 41.1 cm³/mol. The van der Waals surface area contributed by atoms with Gasteiger partial charge < -0.3 is 19.5 Å². The van der Waals surface area contributed by atoms with Crippen molar-refractivity contribution in [3.63, 3.8) is 0 Å². The minimum Gasteiger partial charge on any atom is -0.448 e. The largest absolute Gasteiger partial charge is 0.448 e. The summed E-state index contributed by atoms with van der Waals surface area (Å²) < 4.78 is 13.8. The van der Waals surface area contributed by atoms with Crippen LogP contribution in [0.2, 0.25) is 0 Å². The molecule has 1 amide bonds. The van der Waals surface area contributed by atoms with Crippen LogP contribution in [-0.4, -0.2) is 45.0 Å². The fourth-order valence-electron chi connectivity index (χ4n) is 0.803. The summed E-state index contributed by atoms with van der Waals surface area (Å²) in [6, 6.07) is 0. The van der Waals surface area contributed by atoms with Crippen molar-refractivity contribution in [2.75, 3.05) is 26.4 Å². The molecule has 0 aromatic heterocycles. The Labute approximate surface area is 75.1 Å². The third-order valence-corrected chi connectivity index (χ3v) is 1.36. The summed E-state index contributed by atoms with van der Waals surface area (Å²) in [5.74, 6) is 0. The van der Waals surface area contributed by atoms with E-state index in [1.165, 1.54) is 0 Å². The zero-order chi connectivity index (χ0) is 9.52. The van der Waals surface area contributed by atoms with Gasteiger partial charge in [0, 0.05) is 0 Å². The van der Waals surface area contributed by atoms with Gasteiger partial charge in [0.05, 0.1) is 19.8 Å². The molecule has 13 heavy (non-hydrogen) atoms. The van der Waals surface area contributed by atoms with Crippen LogP contribution in [0.15, 0.2) is 0 Å². The molecule has 0 aromatic rings. The Morgan fingerprint density at radius 1 is 1.31 bits per heavy atom. The number of ether oxygens (including phenoxy) is 3. The topological polar surface area (TPSA) is 73.9 Å². The van der Waals surface area contributed by atoms with Crippen LogP contribution in [0, 0.1) is 0 Å². The second-order valence-corrected chi connectivity index (χ2v) is 2.31. The maximum atomic E-state index is 9.91. The molecule has 74 valence electrons. The highest BCUT2D eigenvalue weighted by Gasteiger charge is 2.12. The summed E-state index contributed by atoms with van der Waals surface area (Å²) in [6.45, 7) is 2.28. The lowest BCUT2D eigenvalue weighted by Gasteiger charge is -1.93. The quantitative estimate of drug-likeness (QED) is 0.551. The third kappa shape index (κ3) is 3.86. The van der Waals surface area contributed by atoms with Gasteiger partial charge in [0.2, 0.25) is 6.29 Å². The molecule has 2 saturated heterocycles. The van der Waals surface area contributed by atoms with Crippen molar-refractivity contribution in [2.45, 2.75) is 6.29 Å². The molecule has 6 heteroatoms. The standard InChI is InChI=1S/C4H6O3.C3H5NO2/c5-3-4-6-1-2-7-4;5-3-4-1-2-6-3/h3-4H,1-2H2;1-2H2,(H,4,5). The molecule has 2 aliphatic rings. The number of hydrogen-bond donors (Lipinski definition) is 1. The van der Waals surface area contributed by atoms with Gasteiger partial charge in [-0.2, -0.15) is 0 Å². The zero-order valence-electron chi connectivity index (χ0n) is 7.02. The van der Waals surface area contributed by atoms with Gasteiger partial charge in [0.15, 0.2) is 6.29 Å². The molecule has 0 bridgehead atoms. The van der Waals surface area contributed by atoms with Gasteiger partial charge in [-0.25, -0.2) is 4.79 Å². The fourth-order valence-corrected chi connectivity index (χ4v) is 0.803. The first-order valence-electron chi connectivity index (χ1n) is 3.92. The average molecular weight is 189 g/mol. The molecule has 2 heterocycles. The lowest BCUT2D eigenvalue weighted by molar-refractivity contribution is -0.130. The van der Waals surface area contributed by atoms with Crippen LogP contribution in [0.25, 0.3) is 0 Å².